The topological polar surface area (TPSA) is 53.7 Å². The second-order valence-electron chi connectivity index (χ2n) is 4.56. The molecule has 4 nitrogen and oxygen atoms in total. The zero-order valence-corrected chi connectivity index (χ0v) is 12.9. The predicted molar refractivity (Wildman–Crippen MR) is 77.6 cm³/mol. The summed E-state index contributed by atoms with van der Waals surface area (Å²) in [5.41, 5.74) is 1.11. The summed E-state index contributed by atoms with van der Waals surface area (Å²) in [5.74, 6) is -0.619. The largest absolute Gasteiger partial charge is 0.451 e. The smallest absolute Gasteiger partial charge is 0.290 e. The van der Waals surface area contributed by atoms with Crippen LogP contribution in [-0.4, -0.2) is 42.0 Å². The van der Waals surface area contributed by atoms with Crippen molar-refractivity contribution in [3.8, 4) is 0 Å². The number of halogens is 3. The van der Waals surface area contributed by atoms with Gasteiger partial charge in [0.25, 0.3) is 12.3 Å². The predicted octanol–water partition coefficient (Wildman–Crippen LogP) is 3.20. The van der Waals surface area contributed by atoms with Gasteiger partial charge in [-0.2, -0.15) is 0 Å². The third-order valence-corrected chi connectivity index (χ3v) is 3.60. The van der Waals surface area contributed by atoms with E-state index in [1.165, 1.54) is 0 Å². The zero-order chi connectivity index (χ0) is 15.6. The first kappa shape index (κ1) is 15.9. The van der Waals surface area contributed by atoms with Gasteiger partial charge in [-0.3, -0.25) is 4.79 Å². The first-order valence-corrected chi connectivity index (χ1v) is 7.10. The highest BCUT2D eigenvalue weighted by Crippen LogP contribution is 2.28. The fourth-order valence-corrected chi connectivity index (χ4v) is 2.46. The maximum atomic E-state index is 12.5. The van der Waals surface area contributed by atoms with Gasteiger partial charge in [0.05, 0.1) is 13.2 Å². The molecule has 1 aromatic heterocycles. The van der Waals surface area contributed by atoms with Gasteiger partial charge in [0.2, 0.25) is 0 Å². The Morgan fingerprint density at radius 2 is 2.19 bits per heavy atom. The molecule has 0 unspecified atom stereocenters. The maximum absolute atomic E-state index is 12.5. The lowest BCUT2D eigenvalue weighted by molar-refractivity contribution is 0.0484. The van der Waals surface area contributed by atoms with Gasteiger partial charge in [0.15, 0.2) is 5.76 Å². The quantitative estimate of drug-likeness (QED) is 0.889. The fourth-order valence-electron chi connectivity index (χ4n) is 2.10. The minimum Gasteiger partial charge on any atom is -0.451 e. The molecule has 114 valence electrons. The second kappa shape index (κ2) is 6.53. The summed E-state index contributed by atoms with van der Waals surface area (Å²) in [6.07, 6.45) is -2.67. The molecule has 7 heteroatoms. The number of hydrogen-bond donors (Lipinski definition) is 1. The Morgan fingerprint density at radius 3 is 2.81 bits per heavy atom. The number of furan rings is 1. The number of hydrogen-bond acceptors (Lipinski definition) is 3. The number of amides is 1. The number of rotatable bonds is 5. The Balaban J connectivity index is 2.39. The van der Waals surface area contributed by atoms with Gasteiger partial charge >= 0.3 is 0 Å². The van der Waals surface area contributed by atoms with Gasteiger partial charge in [-0.15, -0.1) is 0 Å². The van der Waals surface area contributed by atoms with E-state index in [2.05, 4.69) is 15.9 Å². The summed E-state index contributed by atoms with van der Waals surface area (Å²) < 4.78 is 31.4. The minimum atomic E-state index is -2.67. The molecule has 0 bridgehead atoms. The lowest BCUT2D eigenvalue weighted by atomic mass is 10.1. The van der Waals surface area contributed by atoms with Gasteiger partial charge < -0.3 is 14.4 Å². The zero-order valence-electron chi connectivity index (χ0n) is 11.3. The number of fused-ring (bicyclic) bond motifs is 1. The van der Waals surface area contributed by atoms with E-state index in [1.807, 2.05) is 0 Å². The number of aryl methyl sites for hydroxylation is 1. The highest BCUT2D eigenvalue weighted by Gasteiger charge is 2.25. The van der Waals surface area contributed by atoms with Crippen LogP contribution < -0.4 is 0 Å². The third-order valence-electron chi connectivity index (χ3n) is 3.11. The lowest BCUT2D eigenvalue weighted by Crippen LogP contribution is -2.37. The molecule has 0 radical (unpaired) electrons. The first-order chi connectivity index (χ1) is 9.93. The molecule has 0 aliphatic carbocycles. The van der Waals surface area contributed by atoms with Crippen LogP contribution in [0.15, 0.2) is 27.1 Å². The van der Waals surface area contributed by atoms with Gasteiger partial charge in [0.1, 0.15) is 5.58 Å². The molecule has 0 saturated carbocycles. The molecule has 2 rings (SSSR count). The monoisotopic (exact) mass is 361 g/mol. The summed E-state index contributed by atoms with van der Waals surface area (Å²) in [6, 6.07) is 5.27. The average Bonchev–Trinajstić information content (AvgIpc) is 2.74. The second-order valence-corrected chi connectivity index (χ2v) is 5.48. The SMILES string of the molecule is Cc1c(C(=O)N(CCO)CC(F)F)oc2ccc(Br)cc12. The van der Waals surface area contributed by atoms with Crippen molar-refractivity contribution < 1.29 is 23.1 Å². The average molecular weight is 362 g/mol. The molecule has 1 heterocycles. The van der Waals surface area contributed by atoms with E-state index in [9.17, 15) is 13.6 Å². The Bertz CT molecular complexity index is 657. The lowest BCUT2D eigenvalue weighted by Gasteiger charge is -2.20. The van der Waals surface area contributed by atoms with Crippen molar-refractivity contribution >= 4 is 32.8 Å². The van der Waals surface area contributed by atoms with Crippen LogP contribution >= 0.6 is 15.9 Å². The summed E-state index contributed by atoms with van der Waals surface area (Å²) in [4.78, 5) is 13.2. The van der Waals surface area contributed by atoms with Crippen LogP contribution in [0.25, 0.3) is 11.0 Å². The van der Waals surface area contributed by atoms with Crippen molar-refractivity contribution in [1.82, 2.24) is 4.90 Å². The van der Waals surface area contributed by atoms with Crippen molar-refractivity contribution in [3.05, 3.63) is 34.0 Å². The van der Waals surface area contributed by atoms with Crippen LogP contribution in [0.3, 0.4) is 0 Å². The number of benzene rings is 1. The van der Waals surface area contributed by atoms with E-state index in [-0.39, 0.29) is 18.9 Å². The summed E-state index contributed by atoms with van der Waals surface area (Å²) in [6.45, 7) is 0.414. The number of carbonyl (C=O) groups excluding carboxylic acids is 1. The molecule has 21 heavy (non-hydrogen) atoms. The van der Waals surface area contributed by atoms with Crippen molar-refractivity contribution in [1.29, 1.82) is 0 Å². The van der Waals surface area contributed by atoms with Crippen LogP contribution in [0.4, 0.5) is 8.78 Å². The normalized spacial score (nSPS) is 11.3. The van der Waals surface area contributed by atoms with Crippen LogP contribution in [0, 0.1) is 6.92 Å². The van der Waals surface area contributed by atoms with Crippen LogP contribution in [0.2, 0.25) is 0 Å². The first-order valence-electron chi connectivity index (χ1n) is 6.31. The molecule has 0 aliphatic heterocycles. The standard InChI is InChI=1S/C14H14BrF2NO3/c1-8-10-6-9(15)2-3-11(10)21-13(8)14(20)18(4-5-19)7-12(16)17/h2-3,6,12,19H,4-5,7H2,1H3. The van der Waals surface area contributed by atoms with E-state index in [1.54, 1.807) is 25.1 Å². The van der Waals surface area contributed by atoms with Gasteiger partial charge in [-0.05, 0) is 25.1 Å². The molecule has 0 aliphatic rings. The highest BCUT2D eigenvalue weighted by atomic mass is 79.9. The van der Waals surface area contributed by atoms with Crippen LogP contribution in [0.5, 0.6) is 0 Å². The van der Waals surface area contributed by atoms with Crippen molar-refractivity contribution in [2.45, 2.75) is 13.3 Å². The van der Waals surface area contributed by atoms with E-state index >= 15 is 0 Å². The molecular weight excluding hydrogens is 348 g/mol. The number of nitrogens with zero attached hydrogens (tertiary/aromatic N) is 1. The molecule has 0 spiro atoms. The van der Waals surface area contributed by atoms with Gasteiger partial charge in [0, 0.05) is 22.0 Å². The Kier molecular flexibility index (Phi) is 4.95. The molecule has 1 amide bonds. The van der Waals surface area contributed by atoms with Crippen LogP contribution in [-0.2, 0) is 0 Å². The van der Waals surface area contributed by atoms with E-state index in [0.29, 0.717) is 11.1 Å². The molecule has 0 saturated heterocycles. The maximum Gasteiger partial charge on any atom is 0.290 e. The fraction of sp³-hybridized carbons (Fsp3) is 0.357. The van der Waals surface area contributed by atoms with E-state index < -0.39 is 18.9 Å². The molecule has 2 aromatic rings. The minimum absolute atomic E-state index is 0.0252. The van der Waals surface area contributed by atoms with Crippen LogP contribution in [0.1, 0.15) is 16.1 Å². The van der Waals surface area contributed by atoms with Crippen molar-refractivity contribution in [2.75, 3.05) is 19.7 Å². The Labute approximate surface area is 128 Å². The van der Waals surface area contributed by atoms with Crippen molar-refractivity contribution in [2.24, 2.45) is 0 Å². The van der Waals surface area contributed by atoms with E-state index in [0.717, 1.165) is 14.8 Å². The Morgan fingerprint density at radius 1 is 1.48 bits per heavy atom. The Hall–Kier alpha value is -1.47. The van der Waals surface area contributed by atoms with Gasteiger partial charge in [-0.1, -0.05) is 15.9 Å². The van der Waals surface area contributed by atoms with Crippen molar-refractivity contribution in [3.63, 3.8) is 0 Å². The molecule has 0 atom stereocenters. The number of carbonyl (C=O) groups is 1. The highest BCUT2D eigenvalue weighted by molar-refractivity contribution is 9.10. The molecule has 1 N–H and O–H groups in total. The molecule has 1 aromatic carbocycles. The van der Waals surface area contributed by atoms with E-state index in [4.69, 9.17) is 9.52 Å². The summed E-state index contributed by atoms with van der Waals surface area (Å²) in [5, 5.41) is 9.66. The summed E-state index contributed by atoms with van der Waals surface area (Å²) >= 11 is 3.33. The van der Waals surface area contributed by atoms with Gasteiger partial charge in [-0.25, -0.2) is 8.78 Å². The third kappa shape index (κ3) is 3.41. The number of aliphatic hydroxyl groups is 1. The number of aliphatic hydroxyl groups excluding tert-OH is 1. The summed E-state index contributed by atoms with van der Waals surface area (Å²) in [7, 11) is 0. The molecular formula is C14H14BrF2NO3. The molecule has 0 fully saturated rings. The number of alkyl halides is 2.